The van der Waals surface area contributed by atoms with Gasteiger partial charge in [-0.05, 0) is 62.3 Å². The third kappa shape index (κ3) is 5.44. The number of hydrogen-bond donors (Lipinski definition) is 0. The second-order valence-electron chi connectivity index (χ2n) is 9.47. The van der Waals surface area contributed by atoms with Crippen LogP contribution < -0.4 is 4.74 Å². The lowest BCUT2D eigenvalue weighted by Gasteiger charge is -2.33. The summed E-state index contributed by atoms with van der Waals surface area (Å²) < 4.78 is 11.7. The smallest absolute Gasteiger partial charge is 0.410 e. The molecule has 2 aromatic rings. The highest BCUT2D eigenvalue weighted by Crippen LogP contribution is 2.30. The van der Waals surface area contributed by atoms with E-state index in [9.17, 15) is 10.1 Å². The minimum Gasteiger partial charge on any atom is -0.490 e. The molecule has 30 heavy (non-hydrogen) atoms. The van der Waals surface area contributed by atoms with Gasteiger partial charge in [0.25, 0.3) is 0 Å². The van der Waals surface area contributed by atoms with Gasteiger partial charge in [-0.3, -0.25) is 0 Å². The van der Waals surface area contributed by atoms with Crippen LogP contribution in [0.1, 0.15) is 58.6 Å². The Balaban J connectivity index is 1.70. The second-order valence-corrected chi connectivity index (χ2v) is 9.47. The number of ether oxygens (including phenoxy) is 2. The van der Waals surface area contributed by atoms with Crippen LogP contribution in [0.3, 0.4) is 0 Å². The molecule has 0 aliphatic carbocycles. The quantitative estimate of drug-likeness (QED) is 0.652. The van der Waals surface area contributed by atoms with Crippen molar-refractivity contribution in [2.75, 3.05) is 13.1 Å². The molecule has 0 atom stereocenters. The van der Waals surface area contributed by atoms with Crippen LogP contribution in [-0.4, -0.2) is 35.8 Å². The molecule has 5 nitrogen and oxygen atoms in total. The van der Waals surface area contributed by atoms with Crippen molar-refractivity contribution >= 4 is 16.9 Å². The van der Waals surface area contributed by atoms with E-state index < -0.39 is 5.60 Å². The Labute approximate surface area is 179 Å². The van der Waals surface area contributed by atoms with Gasteiger partial charge in [0.1, 0.15) is 17.5 Å². The lowest BCUT2D eigenvalue weighted by molar-refractivity contribution is 0.0127. The molecule has 0 unspecified atom stereocenters. The average molecular weight is 409 g/mol. The van der Waals surface area contributed by atoms with Gasteiger partial charge in [0.15, 0.2) is 0 Å². The van der Waals surface area contributed by atoms with Gasteiger partial charge in [0.2, 0.25) is 0 Å². The van der Waals surface area contributed by atoms with Crippen molar-refractivity contribution in [1.29, 1.82) is 5.26 Å². The number of carbonyl (C=O) groups excluding carboxylic acids is 1. The van der Waals surface area contributed by atoms with E-state index in [0.717, 1.165) is 35.8 Å². The van der Waals surface area contributed by atoms with Crippen LogP contribution in [0, 0.1) is 17.2 Å². The molecule has 2 aromatic carbocycles. The third-order valence-electron chi connectivity index (χ3n) is 5.22. The number of nitrogens with zero attached hydrogens (tertiary/aromatic N) is 2. The van der Waals surface area contributed by atoms with Crippen LogP contribution in [0.4, 0.5) is 4.79 Å². The number of carbonyl (C=O) groups is 1. The molecule has 0 spiro atoms. The minimum atomic E-state index is -0.484. The van der Waals surface area contributed by atoms with Gasteiger partial charge in [0.05, 0.1) is 11.6 Å². The summed E-state index contributed by atoms with van der Waals surface area (Å²) in [6, 6.07) is 12.3. The molecule has 1 aliphatic heterocycles. The van der Waals surface area contributed by atoms with Crippen molar-refractivity contribution < 1.29 is 14.3 Å². The molecule has 0 N–H and O–H groups in total. The third-order valence-corrected chi connectivity index (χ3v) is 5.22. The van der Waals surface area contributed by atoms with E-state index in [0.29, 0.717) is 24.6 Å². The van der Waals surface area contributed by atoms with E-state index in [1.165, 1.54) is 5.56 Å². The Bertz CT molecular complexity index is 945. The maximum Gasteiger partial charge on any atom is 0.410 e. The minimum absolute atomic E-state index is 0.0468. The highest BCUT2D eigenvalue weighted by atomic mass is 16.6. The maximum absolute atomic E-state index is 12.2. The number of fused-ring (bicyclic) bond motifs is 1. The molecule has 1 saturated heterocycles. The van der Waals surface area contributed by atoms with Gasteiger partial charge in [0, 0.05) is 31.3 Å². The van der Waals surface area contributed by atoms with Gasteiger partial charge in [-0.25, -0.2) is 4.79 Å². The molecule has 0 aromatic heterocycles. The van der Waals surface area contributed by atoms with Crippen LogP contribution in [0.5, 0.6) is 5.75 Å². The molecule has 1 aliphatic rings. The number of hydrogen-bond acceptors (Lipinski definition) is 4. The van der Waals surface area contributed by atoms with E-state index >= 15 is 0 Å². The molecule has 0 radical (unpaired) electrons. The molecule has 0 saturated carbocycles. The van der Waals surface area contributed by atoms with Crippen LogP contribution in [0.15, 0.2) is 30.3 Å². The zero-order chi connectivity index (χ0) is 21.9. The molecule has 1 amide bonds. The Kier molecular flexibility index (Phi) is 6.55. The van der Waals surface area contributed by atoms with E-state index in [1.54, 1.807) is 4.90 Å². The van der Waals surface area contributed by atoms with Gasteiger partial charge in [-0.2, -0.15) is 5.26 Å². The van der Waals surface area contributed by atoms with Crippen molar-refractivity contribution in [3.63, 3.8) is 0 Å². The fraction of sp³-hybridized carbons (Fsp3) is 0.520. The highest BCUT2D eigenvalue weighted by molar-refractivity contribution is 5.91. The van der Waals surface area contributed by atoms with Crippen molar-refractivity contribution in [2.24, 2.45) is 5.92 Å². The van der Waals surface area contributed by atoms with Crippen LogP contribution in [0.2, 0.25) is 0 Å². The summed E-state index contributed by atoms with van der Waals surface area (Å²) in [4.78, 5) is 14.0. The standard InChI is InChI=1S/C25H32N2O3/c1-17(2)14-18-6-7-19(16-26)23-15-21(8-9-22(18)23)29-20-10-12-27(13-11-20)24(28)30-25(3,4)5/h6-9,15,17,20H,10-14H2,1-5H3. The predicted molar refractivity (Wildman–Crippen MR) is 119 cm³/mol. The Morgan fingerprint density at radius 3 is 2.47 bits per heavy atom. The van der Waals surface area contributed by atoms with Crippen molar-refractivity contribution in [3.8, 4) is 11.8 Å². The summed E-state index contributed by atoms with van der Waals surface area (Å²) in [5, 5.41) is 11.6. The molecule has 1 heterocycles. The topological polar surface area (TPSA) is 62.6 Å². The first-order chi connectivity index (χ1) is 14.2. The van der Waals surface area contributed by atoms with E-state index in [-0.39, 0.29) is 12.2 Å². The fourth-order valence-electron chi connectivity index (χ4n) is 3.85. The Morgan fingerprint density at radius 2 is 1.87 bits per heavy atom. The van der Waals surface area contributed by atoms with Crippen LogP contribution in [0.25, 0.3) is 10.8 Å². The molecular weight excluding hydrogens is 376 g/mol. The molecular formula is C25H32N2O3. The highest BCUT2D eigenvalue weighted by Gasteiger charge is 2.27. The van der Waals surface area contributed by atoms with E-state index in [4.69, 9.17) is 9.47 Å². The molecule has 160 valence electrons. The predicted octanol–water partition coefficient (Wildman–Crippen LogP) is 5.69. The molecule has 3 rings (SSSR count). The normalized spacial score (nSPS) is 15.3. The van der Waals surface area contributed by atoms with Gasteiger partial charge in [-0.15, -0.1) is 0 Å². The van der Waals surface area contributed by atoms with Crippen molar-refractivity contribution in [1.82, 2.24) is 4.90 Å². The van der Waals surface area contributed by atoms with Gasteiger partial charge >= 0.3 is 6.09 Å². The first-order valence-corrected chi connectivity index (χ1v) is 10.8. The number of rotatable bonds is 4. The number of benzene rings is 2. The van der Waals surface area contributed by atoms with E-state index in [1.807, 2.05) is 39.0 Å². The van der Waals surface area contributed by atoms with Crippen molar-refractivity contribution in [3.05, 3.63) is 41.5 Å². The first kappa shape index (κ1) is 22.0. The van der Waals surface area contributed by atoms with Crippen LogP contribution >= 0.6 is 0 Å². The van der Waals surface area contributed by atoms with Gasteiger partial charge < -0.3 is 14.4 Å². The summed E-state index contributed by atoms with van der Waals surface area (Å²) in [6.45, 7) is 11.3. The molecule has 5 heteroatoms. The first-order valence-electron chi connectivity index (χ1n) is 10.8. The Hall–Kier alpha value is -2.74. The van der Waals surface area contributed by atoms with E-state index in [2.05, 4.69) is 32.0 Å². The second kappa shape index (κ2) is 8.95. The number of piperidine rings is 1. The summed E-state index contributed by atoms with van der Waals surface area (Å²) in [6.07, 6.45) is 2.28. The average Bonchev–Trinajstić information content (AvgIpc) is 2.67. The lowest BCUT2D eigenvalue weighted by atomic mass is 9.94. The zero-order valence-corrected chi connectivity index (χ0v) is 18.7. The number of nitriles is 1. The fourth-order valence-corrected chi connectivity index (χ4v) is 3.85. The molecule has 1 fully saturated rings. The van der Waals surface area contributed by atoms with Crippen molar-refractivity contribution in [2.45, 2.75) is 65.6 Å². The summed E-state index contributed by atoms with van der Waals surface area (Å²) in [7, 11) is 0. The largest absolute Gasteiger partial charge is 0.490 e. The number of amides is 1. The zero-order valence-electron chi connectivity index (χ0n) is 18.7. The summed E-state index contributed by atoms with van der Waals surface area (Å²) in [5.41, 5.74) is 1.45. The summed E-state index contributed by atoms with van der Waals surface area (Å²) in [5.74, 6) is 1.32. The van der Waals surface area contributed by atoms with Gasteiger partial charge in [-0.1, -0.05) is 26.0 Å². The SMILES string of the molecule is CC(C)Cc1ccc(C#N)c2cc(OC3CCN(C(=O)OC(C)(C)C)CC3)ccc12. The maximum atomic E-state index is 12.2. The number of likely N-dealkylation sites (tertiary alicyclic amines) is 1. The summed E-state index contributed by atoms with van der Waals surface area (Å²) >= 11 is 0. The molecule has 0 bridgehead atoms. The Morgan fingerprint density at radius 1 is 1.17 bits per heavy atom. The lowest BCUT2D eigenvalue weighted by Crippen LogP contribution is -2.44. The monoisotopic (exact) mass is 408 g/mol. The van der Waals surface area contributed by atoms with Crippen LogP contribution in [-0.2, 0) is 11.2 Å².